The molecule has 13 heavy (non-hydrogen) atoms. The summed E-state index contributed by atoms with van der Waals surface area (Å²) in [4.78, 5) is 0. The van der Waals surface area contributed by atoms with Crippen molar-refractivity contribution in [2.75, 3.05) is 11.9 Å². The van der Waals surface area contributed by atoms with Gasteiger partial charge >= 0.3 is 0 Å². The quantitative estimate of drug-likeness (QED) is 0.693. The van der Waals surface area contributed by atoms with Crippen LogP contribution in [-0.2, 0) is 6.42 Å². The van der Waals surface area contributed by atoms with Crippen molar-refractivity contribution in [2.45, 2.75) is 20.3 Å². The summed E-state index contributed by atoms with van der Waals surface area (Å²) in [6.45, 7) is 5.10. The van der Waals surface area contributed by atoms with Crippen molar-refractivity contribution in [1.29, 1.82) is 0 Å². The molecule has 70 valence electrons. The summed E-state index contributed by atoms with van der Waals surface area (Å²) < 4.78 is 0. The summed E-state index contributed by atoms with van der Waals surface area (Å²) in [7, 11) is 0. The van der Waals surface area contributed by atoms with E-state index in [1.54, 1.807) is 0 Å². The van der Waals surface area contributed by atoms with Crippen LogP contribution in [0.5, 0.6) is 0 Å². The van der Waals surface area contributed by atoms with Crippen LogP contribution in [0.2, 0.25) is 0 Å². The fourth-order valence-electron chi connectivity index (χ4n) is 1.15. The molecule has 0 saturated heterocycles. The summed E-state index contributed by atoms with van der Waals surface area (Å²) in [6, 6.07) is 8.58. The molecule has 0 bridgehead atoms. The first-order valence-corrected chi connectivity index (χ1v) is 4.80. The van der Waals surface area contributed by atoms with E-state index in [0.717, 1.165) is 13.0 Å². The number of rotatable bonds is 4. The van der Waals surface area contributed by atoms with Gasteiger partial charge in [0.15, 0.2) is 0 Å². The lowest BCUT2D eigenvalue weighted by molar-refractivity contribution is 1.14. The molecule has 0 aliphatic carbocycles. The molecule has 0 atom stereocenters. The van der Waals surface area contributed by atoms with Crippen molar-refractivity contribution in [3.8, 4) is 0 Å². The number of aryl methyl sites for hydroxylation is 1. The van der Waals surface area contributed by atoms with E-state index in [-0.39, 0.29) is 0 Å². The molecule has 0 spiro atoms. The monoisotopic (exact) mass is 175 g/mol. The van der Waals surface area contributed by atoms with Crippen LogP contribution in [0.15, 0.2) is 36.4 Å². The maximum atomic E-state index is 3.31. The van der Waals surface area contributed by atoms with E-state index >= 15 is 0 Å². The highest BCUT2D eigenvalue weighted by Crippen LogP contribution is 2.09. The van der Waals surface area contributed by atoms with Gasteiger partial charge in [-0.3, -0.25) is 0 Å². The molecule has 1 rings (SSSR count). The first-order chi connectivity index (χ1) is 6.36. The Kier molecular flexibility index (Phi) is 4.10. The van der Waals surface area contributed by atoms with Crippen LogP contribution in [0.3, 0.4) is 0 Å². The molecule has 0 radical (unpaired) electrons. The van der Waals surface area contributed by atoms with Crippen molar-refractivity contribution in [2.24, 2.45) is 0 Å². The van der Waals surface area contributed by atoms with Gasteiger partial charge in [0, 0.05) is 12.2 Å². The minimum absolute atomic E-state index is 0.905. The van der Waals surface area contributed by atoms with Crippen molar-refractivity contribution in [3.05, 3.63) is 42.0 Å². The van der Waals surface area contributed by atoms with Crippen molar-refractivity contribution in [3.63, 3.8) is 0 Å². The second kappa shape index (κ2) is 5.41. The Labute approximate surface area is 80.5 Å². The standard InChI is InChI=1S/C12H17N/c1-3-5-10-13-12-8-6-11(4-2)7-9-12/h3,5-9,13H,4,10H2,1-2H3/b5-3+. The fourth-order valence-corrected chi connectivity index (χ4v) is 1.15. The Balaban J connectivity index is 2.49. The molecule has 0 amide bonds. The van der Waals surface area contributed by atoms with Gasteiger partial charge in [-0.15, -0.1) is 0 Å². The lowest BCUT2D eigenvalue weighted by Crippen LogP contribution is -1.97. The van der Waals surface area contributed by atoms with Gasteiger partial charge in [0.1, 0.15) is 0 Å². The van der Waals surface area contributed by atoms with E-state index in [1.165, 1.54) is 11.3 Å². The molecule has 0 aliphatic rings. The summed E-state index contributed by atoms with van der Waals surface area (Å²) >= 11 is 0. The molecule has 1 heteroatoms. The molecule has 1 aromatic rings. The third-order valence-electron chi connectivity index (χ3n) is 2.02. The third kappa shape index (κ3) is 3.32. The SMILES string of the molecule is C/C=C/CNc1ccc(CC)cc1. The summed E-state index contributed by atoms with van der Waals surface area (Å²) in [5.41, 5.74) is 2.58. The van der Waals surface area contributed by atoms with Crippen LogP contribution < -0.4 is 5.32 Å². The van der Waals surface area contributed by atoms with E-state index in [9.17, 15) is 0 Å². The van der Waals surface area contributed by atoms with Gasteiger partial charge in [-0.05, 0) is 31.0 Å². The third-order valence-corrected chi connectivity index (χ3v) is 2.02. The predicted octanol–water partition coefficient (Wildman–Crippen LogP) is 3.24. The largest absolute Gasteiger partial charge is 0.382 e. The van der Waals surface area contributed by atoms with Crippen molar-refractivity contribution >= 4 is 5.69 Å². The number of allylic oxidation sites excluding steroid dienone is 1. The molecule has 0 unspecified atom stereocenters. The topological polar surface area (TPSA) is 12.0 Å². The van der Waals surface area contributed by atoms with Crippen LogP contribution in [0.4, 0.5) is 5.69 Å². The van der Waals surface area contributed by atoms with Crippen molar-refractivity contribution in [1.82, 2.24) is 0 Å². The number of benzene rings is 1. The first kappa shape index (κ1) is 9.85. The fraction of sp³-hybridized carbons (Fsp3) is 0.333. The summed E-state index contributed by atoms with van der Waals surface area (Å²) in [5.74, 6) is 0. The number of nitrogens with one attached hydrogen (secondary N) is 1. The lowest BCUT2D eigenvalue weighted by atomic mass is 10.1. The molecule has 0 heterocycles. The van der Waals surface area contributed by atoms with Crippen LogP contribution in [0.25, 0.3) is 0 Å². The highest BCUT2D eigenvalue weighted by atomic mass is 14.8. The average Bonchev–Trinajstić information content (AvgIpc) is 2.19. The Morgan fingerprint density at radius 2 is 1.92 bits per heavy atom. The number of hydrogen-bond donors (Lipinski definition) is 1. The number of anilines is 1. The minimum atomic E-state index is 0.905. The average molecular weight is 175 g/mol. The molecule has 1 nitrogen and oxygen atoms in total. The van der Waals surface area contributed by atoms with E-state index < -0.39 is 0 Å². The van der Waals surface area contributed by atoms with E-state index in [2.05, 4.69) is 42.6 Å². The zero-order valence-corrected chi connectivity index (χ0v) is 8.38. The molecular formula is C12H17N. The second-order valence-corrected chi connectivity index (χ2v) is 3.00. The number of hydrogen-bond acceptors (Lipinski definition) is 1. The molecule has 0 saturated carbocycles. The maximum absolute atomic E-state index is 3.31. The van der Waals surface area contributed by atoms with Crippen LogP contribution in [0, 0.1) is 0 Å². The minimum Gasteiger partial charge on any atom is -0.382 e. The van der Waals surface area contributed by atoms with Gasteiger partial charge in [-0.25, -0.2) is 0 Å². The zero-order valence-electron chi connectivity index (χ0n) is 8.38. The van der Waals surface area contributed by atoms with E-state index in [4.69, 9.17) is 0 Å². The second-order valence-electron chi connectivity index (χ2n) is 3.00. The Morgan fingerprint density at radius 1 is 1.23 bits per heavy atom. The van der Waals surface area contributed by atoms with E-state index in [0.29, 0.717) is 0 Å². The molecule has 0 aliphatic heterocycles. The molecule has 0 fully saturated rings. The van der Waals surface area contributed by atoms with Gasteiger partial charge in [-0.1, -0.05) is 31.2 Å². The molecule has 1 N–H and O–H groups in total. The van der Waals surface area contributed by atoms with Crippen LogP contribution in [0.1, 0.15) is 19.4 Å². The summed E-state index contributed by atoms with van der Waals surface area (Å²) in [5, 5.41) is 3.31. The van der Waals surface area contributed by atoms with Gasteiger partial charge in [0.2, 0.25) is 0 Å². The Bertz CT molecular complexity index is 259. The zero-order chi connectivity index (χ0) is 9.52. The lowest BCUT2D eigenvalue weighted by Gasteiger charge is -2.03. The van der Waals surface area contributed by atoms with Crippen LogP contribution in [-0.4, -0.2) is 6.54 Å². The molecule has 1 aromatic carbocycles. The highest BCUT2D eigenvalue weighted by molar-refractivity contribution is 5.44. The van der Waals surface area contributed by atoms with Gasteiger partial charge in [0.25, 0.3) is 0 Å². The smallest absolute Gasteiger partial charge is 0.0342 e. The van der Waals surface area contributed by atoms with Gasteiger partial charge in [0.05, 0.1) is 0 Å². The highest BCUT2D eigenvalue weighted by Gasteiger charge is 1.89. The summed E-state index contributed by atoms with van der Waals surface area (Å²) in [6.07, 6.45) is 5.26. The van der Waals surface area contributed by atoms with E-state index in [1.807, 2.05) is 13.0 Å². The normalized spacial score (nSPS) is 10.6. The van der Waals surface area contributed by atoms with Gasteiger partial charge < -0.3 is 5.32 Å². The van der Waals surface area contributed by atoms with Crippen molar-refractivity contribution < 1.29 is 0 Å². The molecule has 0 aromatic heterocycles. The Hall–Kier alpha value is -1.24. The van der Waals surface area contributed by atoms with Crippen LogP contribution >= 0.6 is 0 Å². The van der Waals surface area contributed by atoms with Gasteiger partial charge in [-0.2, -0.15) is 0 Å². The molecular weight excluding hydrogens is 158 g/mol. The maximum Gasteiger partial charge on any atom is 0.0342 e. The Morgan fingerprint density at radius 3 is 2.46 bits per heavy atom. The predicted molar refractivity (Wildman–Crippen MR) is 59.1 cm³/mol. The first-order valence-electron chi connectivity index (χ1n) is 4.80.